The van der Waals surface area contributed by atoms with E-state index in [1.165, 1.54) is 33.8 Å². The van der Waals surface area contributed by atoms with Gasteiger partial charge in [0.05, 0.1) is 0 Å². The summed E-state index contributed by atoms with van der Waals surface area (Å²) in [5, 5.41) is 0. The van der Waals surface area contributed by atoms with Crippen molar-refractivity contribution >= 4 is 23.1 Å². The third-order valence-corrected chi connectivity index (χ3v) is 5.46. The number of nitrogens with zero attached hydrogens (tertiary/aromatic N) is 1. The van der Waals surface area contributed by atoms with Gasteiger partial charge in [-0.05, 0) is 66.8 Å². The van der Waals surface area contributed by atoms with E-state index in [1.807, 2.05) is 19.1 Å². The number of anilines is 3. The summed E-state index contributed by atoms with van der Waals surface area (Å²) in [7, 11) is 0. The zero-order valence-corrected chi connectivity index (χ0v) is 20.5. The van der Waals surface area contributed by atoms with Crippen molar-refractivity contribution in [2.24, 2.45) is 0 Å². The third kappa shape index (κ3) is 6.95. The van der Waals surface area contributed by atoms with Crippen LogP contribution in [0.25, 0.3) is 6.08 Å². The van der Waals surface area contributed by atoms with Gasteiger partial charge in [-0.1, -0.05) is 111 Å². The van der Waals surface area contributed by atoms with Gasteiger partial charge >= 0.3 is 0 Å². The first kappa shape index (κ1) is 24.1. The molecule has 0 heterocycles. The highest BCUT2D eigenvalue weighted by molar-refractivity contribution is 5.76. The van der Waals surface area contributed by atoms with Crippen LogP contribution in [0.15, 0.2) is 115 Å². The first-order chi connectivity index (χ1) is 15.9. The molecule has 1 nitrogen and oxygen atoms in total. The number of benzene rings is 4. The van der Waals surface area contributed by atoms with Crippen molar-refractivity contribution in [1.29, 1.82) is 0 Å². The predicted octanol–water partition coefficient (Wildman–Crippen LogP) is 9.48. The fraction of sp³-hybridized carbons (Fsp3) is 0.188. The summed E-state index contributed by atoms with van der Waals surface area (Å²) < 4.78 is 0. The normalized spacial score (nSPS) is 11.1. The third-order valence-electron chi connectivity index (χ3n) is 5.46. The standard InChI is InChI=1S/C19H17N.C13H18/c1-16-12-14-19(15-13-16)20(17-8-4-2-5-9-17)18-10-6-3-7-11-18;1-5-6-11-7-9-12(10-8-11)13(2,3)4/h2-15H,1H3;5-10H,1-4H3/b;6-5+. The fourth-order valence-electron chi connectivity index (χ4n) is 3.58. The predicted molar refractivity (Wildman–Crippen MR) is 146 cm³/mol. The van der Waals surface area contributed by atoms with E-state index in [9.17, 15) is 0 Å². The van der Waals surface area contributed by atoms with Gasteiger partial charge in [-0.25, -0.2) is 0 Å². The van der Waals surface area contributed by atoms with Crippen molar-refractivity contribution in [3.8, 4) is 0 Å². The van der Waals surface area contributed by atoms with Crippen LogP contribution in [0.1, 0.15) is 44.4 Å². The summed E-state index contributed by atoms with van der Waals surface area (Å²) in [6.45, 7) is 10.9. The largest absolute Gasteiger partial charge is 0.311 e. The van der Waals surface area contributed by atoms with Gasteiger partial charge in [-0.3, -0.25) is 0 Å². The van der Waals surface area contributed by atoms with Crippen molar-refractivity contribution in [3.63, 3.8) is 0 Å². The van der Waals surface area contributed by atoms with Crippen molar-refractivity contribution in [2.45, 2.75) is 40.0 Å². The molecular weight excluding hydrogens is 398 g/mol. The van der Waals surface area contributed by atoms with E-state index >= 15 is 0 Å². The lowest BCUT2D eigenvalue weighted by Gasteiger charge is -2.25. The molecule has 4 aromatic carbocycles. The molecule has 0 radical (unpaired) electrons. The van der Waals surface area contributed by atoms with Gasteiger partial charge in [-0.15, -0.1) is 0 Å². The van der Waals surface area contributed by atoms with E-state index in [2.05, 4.69) is 142 Å². The maximum absolute atomic E-state index is 2.26. The minimum absolute atomic E-state index is 0.258. The summed E-state index contributed by atoms with van der Waals surface area (Å²) in [5.74, 6) is 0. The minimum atomic E-state index is 0.258. The number of hydrogen-bond donors (Lipinski definition) is 0. The maximum Gasteiger partial charge on any atom is 0.0461 e. The Labute approximate surface area is 200 Å². The van der Waals surface area contributed by atoms with E-state index < -0.39 is 0 Å². The van der Waals surface area contributed by atoms with E-state index in [0.29, 0.717) is 0 Å². The van der Waals surface area contributed by atoms with Gasteiger partial charge in [0.25, 0.3) is 0 Å². The Bertz CT molecular complexity index is 1080. The highest BCUT2D eigenvalue weighted by Gasteiger charge is 2.12. The summed E-state index contributed by atoms with van der Waals surface area (Å²) in [5.41, 5.74) is 7.71. The Kier molecular flexibility index (Phi) is 8.27. The molecule has 1 heteroatoms. The number of rotatable bonds is 4. The monoisotopic (exact) mass is 433 g/mol. The summed E-state index contributed by atoms with van der Waals surface area (Å²) >= 11 is 0. The molecule has 0 aliphatic rings. The lowest BCUT2D eigenvalue weighted by atomic mass is 9.87. The quantitative estimate of drug-likeness (QED) is 0.310. The number of allylic oxidation sites excluding steroid dienone is 1. The molecule has 0 saturated heterocycles. The Morgan fingerprint density at radius 2 is 1.03 bits per heavy atom. The Morgan fingerprint density at radius 3 is 1.45 bits per heavy atom. The maximum atomic E-state index is 2.26. The van der Waals surface area contributed by atoms with E-state index in [4.69, 9.17) is 0 Å². The molecule has 0 N–H and O–H groups in total. The second kappa shape index (κ2) is 11.3. The van der Waals surface area contributed by atoms with Crippen LogP contribution in [0, 0.1) is 6.92 Å². The second-order valence-electron chi connectivity index (χ2n) is 9.21. The molecule has 0 amide bonds. The average molecular weight is 434 g/mol. The van der Waals surface area contributed by atoms with Crippen LogP contribution in [0.3, 0.4) is 0 Å². The highest BCUT2D eigenvalue weighted by Crippen LogP contribution is 2.33. The van der Waals surface area contributed by atoms with Crippen LogP contribution in [0.4, 0.5) is 17.1 Å². The second-order valence-corrected chi connectivity index (χ2v) is 9.21. The molecule has 0 aromatic heterocycles. The smallest absolute Gasteiger partial charge is 0.0461 e. The molecule has 0 aliphatic heterocycles. The lowest BCUT2D eigenvalue weighted by Crippen LogP contribution is -2.10. The molecule has 33 heavy (non-hydrogen) atoms. The van der Waals surface area contributed by atoms with E-state index in [-0.39, 0.29) is 5.41 Å². The molecule has 168 valence electrons. The van der Waals surface area contributed by atoms with Gasteiger partial charge in [0.15, 0.2) is 0 Å². The first-order valence-corrected chi connectivity index (χ1v) is 11.6. The van der Waals surface area contributed by atoms with Crippen LogP contribution < -0.4 is 4.90 Å². The van der Waals surface area contributed by atoms with Crippen molar-refractivity contribution in [2.75, 3.05) is 4.90 Å². The van der Waals surface area contributed by atoms with Crippen LogP contribution >= 0.6 is 0 Å². The van der Waals surface area contributed by atoms with E-state index in [1.54, 1.807) is 0 Å². The molecule has 0 bridgehead atoms. The Morgan fingerprint density at radius 1 is 0.576 bits per heavy atom. The van der Waals surface area contributed by atoms with E-state index in [0.717, 1.165) is 0 Å². The molecule has 0 spiro atoms. The van der Waals surface area contributed by atoms with Gasteiger partial charge in [0.2, 0.25) is 0 Å². The number of hydrogen-bond acceptors (Lipinski definition) is 1. The molecule has 0 aliphatic carbocycles. The lowest BCUT2D eigenvalue weighted by molar-refractivity contribution is 0.590. The number of para-hydroxylation sites is 2. The van der Waals surface area contributed by atoms with Crippen LogP contribution in [-0.4, -0.2) is 0 Å². The zero-order valence-electron chi connectivity index (χ0n) is 20.5. The van der Waals surface area contributed by atoms with Crippen molar-refractivity contribution in [1.82, 2.24) is 0 Å². The van der Waals surface area contributed by atoms with Crippen LogP contribution in [0.2, 0.25) is 0 Å². The molecule has 4 rings (SSSR count). The molecule has 0 fully saturated rings. The zero-order chi connectivity index (χ0) is 23.7. The Balaban J connectivity index is 0.000000205. The summed E-state index contributed by atoms with van der Waals surface area (Å²) in [4.78, 5) is 2.26. The molecule has 4 aromatic rings. The van der Waals surface area contributed by atoms with Crippen LogP contribution in [-0.2, 0) is 5.41 Å². The Hall–Kier alpha value is -3.58. The molecule has 0 atom stereocenters. The SMILES string of the molecule is C/C=C/c1ccc(C(C)(C)C)cc1.Cc1ccc(N(c2ccccc2)c2ccccc2)cc1. The van der Waals surface area contributed by atoms with Gasteiger partial charge < -0.3 is 4.90 Å². The molecule has 0 unspecified atom stereocenters. The molecular formula is C32H35N. The molecule has 0 saturated carbocycles. The first-order valence-electron chi connectivity index (χ1n) is 11.6. The highest BCUT2D eigenvalue weighted by atomic mass is 15.1. The fourth-order valence-corrected chi connectivity index (χ4v) is 3.58. The topological polar surface area (TPSA) is 3.24 Å². The summed E-state index contributed by atoms with van der Waals surface area (Å²) in [6.07, 6.45) is 4.18. The van der Waals surface area contributed by atoms with Crippen molar-refractivity contribution < 1.29 is 0 Å². The van der Waals surface area contributed by atoms with Gasteiger partial charge in [0.1, 0.15) is 0 Å². The summed E-state index contributed by atoms with van der Waals surface area (Å²) in [6, 6.07) is 38.2. The minimum Gasteiger partial charge on any atom is -0.311 e. The average Bonchev–Trinajstić information content (AvgIpc) is 2.82. The van der Waals surface area contributed by atoms with Gasteiger partial charge in [0, 0.05) is 17.1 Å². The number of aryl methyl sites for hydroxylation is 1. The van der Waals surface area contributed by atoms with Crippen LogP contribution in [0.5, 0.6) is 0 Å². The van der Waals surface area contributed by atoms with Crippen molar-refractivity contribution in [3.05, 3.63) is 132 Å². The van der Waals surface area contributed by atoms with Gasteiger partial charge in [-0.2, -0.15) is 0 Å².